The Labute approximate surface area is 152 Å². The smallest absolute Gasteiger partial charge is 0.240 e. The van der Waals surface area contributed by atoms with Gasteiger partial charge in [-0.15, -0.1) is 0 Å². The first-order valence-electron chi connectivity index (χ1n) is 8.02. The largest absolute Gasteiger partial charge is 0.497 e. The van der Waals surface area contributed by atoms with Crippen molar-refractivity contribution in [1.29, 1.82) is 0 Å². The van der Waals surface area contributed by atoms with Crippen LogP contribution in [0.1, 0.15) is 11.5 Å². The van der Waals surface area contributed by atoms with Crippen molar-refractivity contribution in [2.75, 3.05) is 13.7 Å². The predicted octanol–water partition coefficient (Wildman–Crippen LogP) is 2.57. The van der Waals surface area contributed by atoms with Crippen LogP contribution in [-0.2, 0) is 16.4 Å². The lowest BCUT2D eigenvalue weighted by Crippen LogP contribution is -2.26. The Kier molecular flexibility index (Phi) is 5.34. The Morgan fingerprint density at radius 1 is 1.15 bits per heavy atom. The molecular formula is C18H19N3O4S. The fourth-order valence-electron chi connectivity index (χ4n) is 2.46. The van der Waals surface area contributed by atoms with Crippen LogP contribution < -0.4 is 9.46 Å². The Bertz CT molecular complexity index is 999. The molecule has 26 heavy (non-hydrogen) atoms. The van der Waals surface area contributed by atoms with Crippen LogP contribution in [0.2, 0.25) is 0 Å². The highest BCUT2D eigenvalue weighted by Gasteiger charge is 2.16. The zero-order chi connectivity index (χ0) is 18.6. The monoisotopic (exact) mass is 373 g/mol. The predicted molar refractivity (Wildman–Crippen MR) is 96.4 cm³/mol. The van der Waals surface area contributed by atoms with Gasteiger partial charge < -0.3 is 9.26 Å². The minimum Gasteiger partial charge on any atom is -0.497 e. The zero-order valence-corrected chi connectivity index (χ0v) is 15.3. The number of benzene rings is 2. The van der Waals surface area contributed by atoms with Crippen LogP contribution >= 0.6 is 0 Å². The molecule has 3 aromatic rings. The summed E-state index contributed by atoms with van der Waals surface area (Å²) in [4.78, 5) is 4.56. The molecule has 0 unspecified atom stereocenters. The molecule has 0 radical (unpaired) electrons. The number of ether oxygens (including phenoxy) is 1. The standard InChI is InChI=1S/C18H19N3O4S/c1-13-6-3-4-9-16(13)26(22,23)19-11-10-17-20-18(21-25-17)14-7-5-8-15(12-14)24-2/h3-9,12,19H,10-11H2,1-2H3. The molecule has 0 amide bonds. The van der Waals surface area contributed by atoms with Crippen molar-refractivity contribution in [3.63, 3.8) is 0 Å². The topological polar surface area (TPSA) is 94.3 Å². The van der Waals surface area contributed by atoms with Gasteiger partial charge in [-0.25, -0.2) is 13.1 Å². The lowest BCUT2D eigenvalue weighted by Gasteiger charge is -2.07. The molecule has 0 saturated heterocycles. The molecule has 0 saturated carbocycles. The van der Waals surface area contributed by atoms with E-state index in [1.807, 2.05) is 18.2 Å². The molecule has 0 aliphatic rings. The molecule has 0 aliphatic heterocycles. The van der Waals surface area contributed by atoms with E-state index in [2.05, 4.69) is 14.9 Å². The number of sulfonamides is 1. The molecule has 8 heteroatoms. The van der Waals surface area contributed by atoms with Gasteiger partial charge in [0.25, 0.3) is 0 Å². The highest BCUT2D eigenvalue weighted by molar-refractivity contribution is 7.89. The number of nitrogens with one attached hydrogen (secondary N) is 1. The number of aromatic nitrogens is 2. The van der Waals surface area contributed by atoms with Crippen molar-refractivity contribution in [2.24, 2.45) is 0 Å². The number of methoxy groups -OCH3 is 1. The second-order valence-corrected chi connectivity index (χ2v) is 7.39. The Morgan fingerprint density at radius 3 is 2.73 bits per heavy atom. The maximum absolute atomic E-state index is 12.3. The van der Waals surface area contributed by atoms with Crippen molar-refractivity contribution < 1.29 is 17.7 Å². The number of aryl methyl sites for hydroxylation is 1. The average molecular weight is 373 g/mol. The lowest BCUT2D eigenvalue weighted by molar-refractivity contribution is 0.379. The fraction of sp³-hybridized carbons (Fsp3) is 0.222. The maximum Gasteiger partial charge on any atom is 0.240 e. The SMILES string of the molecule is COc1cccc(-c2noc(CCNS(=O)(=O)c3ccccc3C)n2)c1. The molecule has 1 heterocycles. The third kappa shape index (κ3) is 4.09. The fourth-order valence-corrected chi connectivity index (χ4v) is 3.74. The van der Waals surface area contributed by atoms with Crippen molar-refractivity contribution in [3.05, 3.63) is 60.0 Å². The van der Waals surface area contributed by atoms with E-state index in [0.717, 1.165) is 5.56 Å². The van der Waals surface area contributed by atoms with Crippen LogP contribution in [0.25, 0.3) is 11.4 Å². The maximum atomic E-state index is 12.3. The van der Waals surface area contributed by atoms with Gasteiger partial charge in [0.15, 0.2) is 0 Å². The van der Waals surface area contributed by atoms with E-state index in [9.17, 15) is 8.42 Å². The van der Waals surface area contributed by atoms with Crippen LogP contribution in [0.3, 0.4) is 0 Å². The van der Waals surface area contributed by atoms with Gasteiger partial charge in [0, 0.05) is 18.5 Å². The Hall–Kier alpha value is -2.71. The average Bonchev–Trinajstić information content (AvgIpc) is 3.11. The molecular weight excluding hydrogens is 354 g/mol. The number of hydrogen-bond acceptors (Lipinski definition) is 6. The molecule has 0 atom stereocenters. The summed E-state index contributed by atoms with van der Waals surface area (Å²) in [6, 6.07) is 14.1. The van der Waals surface area contributed by atoms with Gasteiger partial charge >= 0.3 is 0 Å². The van der Waals surface area contributed by atoms with Gasteiger partial charge in [0.2, 0.25) is 21.7 Å². The van der Waals surface area contributed by atoms with Crippen molar-refractivity contribution >= 4 is 10.0 Å². The van der Waals surface area contributed by atoms with Gasteiger partial charge in [-0.1, -0.05) is 35.5 Å². The first-order valence-corrected chi connectivity index (χ1v) is 9.50. The van der Waals surface area contributed by atoms with Crippen LogP contribution in [0.5, 0.6) is 5.75 Å². The minimum atomic E-state index is -3.57. The van der Waals surface area contributed by atoms with E-state index >= 15 is 0 Å². The van der Waals surface area contributed by atoms with Crippen molar-refractivity contribution in [2.45, 2.75) is 18.2 Å². The Balaban J connectivity index is 1.64. The number of rotatable bonds is 7. The minimum absolute atomic E-state index is 0.163. The molecule has 136 valence electrons. The van der Waals surface area contributed by atoms with Crippen molar-refractivity contribution in [1.82, 2.24) is 14.9 Å². The summed E-state index contributed by atoms with van der Waals surface area (Å²) in [5.41, 5.74) is 1.46. The normalized spacial score (nSPS) is 11.5. The van der Waals surface area contributed by atoms with E-state index in [4.69, 9.17) is 9.26 Å². The lowest BCUT2D eigenvalue weighted by atomic mass is 10.2. The van der Waals surface area contributed by atoms with Gasteiger partial charge in [0.05, 0.1) is 12.0 Å². The molecule has 0 fully saturated rings. The summed E-state index contributed by atoms with van der Waals surface area (Å²) in [7, 11) is -1.99. The van der Waals surface area contributed by atoms with Crippen LogP contribution in [-0.4, -0.2) is 32.2 Å². The summed E-state index contributed by atoms with van der Waals surface area (Å²) in [5, 5.41) is 3.93. The molecule has 3 rings (SSSR count). The summed E-state index contributed by atoms with van der Waals surface area (Å²) >= 11 is 0. The van der Waals surface area contributed by atoms with Gasteiger partial charge in [-0.3, -0.25) is 0 Å². The quantitative estimate of drug-likeness (QED) is 0.684. The summed E-state index contributed by atoms with van der Waals surface area (Å²) in [6.07, 6.45) is 0.294. The van der Waals surface area contributed by atoms with E-state index in [1.165, 1.54) is 0 Å². The molecule has 1 aromatic heterocycles. The summed E-state index contributed by atoms with van der Waals surface area (Å²) in [5.74, 6) is 1.48. The molecule has 0 aliphatic carbocycles. The molecule has 7 nitrogen and oxygen atoms in total. The Morgan fingerprint density at radius 2 is 1.96 bits per heavy atom. The highest BCUT2D eigenvalue weighted by Crippen LogP contribution is 2.21. The van der Waals surface area contributed by atoms with E-state index in [-0.39, 0.29) is 11.4 Å². The number of hydrogen-bond donors (Lipinski definition) is 1. The van der Waals surface area contributed by atoms with E-state index < -0.39 is 10.0 Å². The summed E-state index contributed by atoms with van der Waals surface area (Å²) in [6.45, 7) is 1.92. The van der Waals surface area contributed by atoms with Gasteiger partial charge in [-0.2, -0.15) is 4.98 Å². The van der Waals surface area contributed by atoms with Gasteiger partial charge in [0.1, 0.15) is 5.75 Å². The second-order valence-electron chi connectivity index (χ2n) is 5.66. The van der Waals surface area contributed by atoms with Crippen LogP contribution in [0.4, 0.5) is 0 Å². The molecule has 0 spiro atoms. The van der Waals surface area contributed by atoms with Crippen LogP contribution in [0, 0.1) is 6.92 Å². The molecule has 0 bridgehead atoms. The second kappa shape index (κ2) is 7.67. The molecule has 1 N–H and O–H groups in total. The van der Waals surface area contributed by atoms with E-state index in [0.29, 0.717) is 29.4 Å². The molecule has 2 aromatic carbocycles. The van der Waals surface area contributed by atoms with E-state index in [1.54, 1.807) is 44.4 Å². The third-order valence-electron chi connectivity index (χ3n) is 3.81. The first kappa shape index (κ1) is 18.1. The van der Waals surface area contributed by atoms with Crippen LogP contribution in [0.15, 0.2) is 57.9 Å². The van der Waals surface area contributed by atoms with Crippen molar-refractivity contribution in [3.8, 4) is 17.1 Å². The summed E-state index contributed by atoms with van der Waals surface area (Å²) < 4.78 is 37.6. The van der Waals surface area contributed by atoms with Gasteiger partial charge in [-0.05, 0) is 30.7 Å². The zero-order valence-electron chi connectivity index (χ0n) is 14.5. The highest BCUT2D eigenvalue weighted by atomic mass is 32.2. The first-order chi connectivity index (χ1) is 12.5. The number of nitrogens with zero attached hydrogens (tertiary/aromatic N) is 2. The third-order valence-corrected chi connectivity index (χ3v) is 5.43.